The average Bonchev–Trinajstić information content (AvgIpc) is 3.08. The third-order valence-electron chi connectivity index (χ3n) is 3.94. The molecule has 0 saturated heterocycles. The molecule has 0 fully saturated rings. The molecule has 1 aromatic carbocycles. The van der Waals surface area contributed by atoms with Crippen molar-refractivity contribution >= 4 is 47.4 Å². The molecule has 0 unspecified atom stereocenters. The number of hydrogen-bond donors (Lipinski definition) is 4. The van der Waals surface area contributed by atoms with Gasteiger partial charge in [0, 0.05) is 15.9 Å². The third-order valence-corrected chi connectivity index (χ3v) is 5.00. The minimum atomic E-state index is -1.14. The molecular formula is C19H21ClFN3O5S. The summed E-state index contributed by atoms with van der Waals surface area (Å²) < 4.78 is 19.1. The maximum Gasteiger partial charge on any atom is 0.353 e. The molecule has 8 nitrogen and oxygen atoms in total. The number of carboxylic acid groups (broad SMARTS) is 1. The minimum Gasteiger partial charge on any atom is -0.480 e. The van der Waals surface area contributed by atoms with Gasteiger partial charge in [-0.05, 0) is 36.8 Å². The SMILES string of the molecule is CC(C)(Cc1ccc(C(=O)Oc2ccc(C(=N)N)cc2F)s1)C(=O)NCC(=O)O.Cl. The van der Waals surface area contributed by atoms with Crippen molar-refractivity contribution in [3.63, 3.8) is 0 Å². The zero-order valence-electron chi connectivity index (χ0n) is 16.2. The molecule has 162 valence electrons. The predicted molar refractivity (Wildman–Crippen MR) is 112 cm³/mol. The van der Waals surface area contributed by atoms with E-state index < -0.39 is 35.6 Å². The third kappa shape index (κ3) is 6.53. The van der Waals surface area contributed by atoms with Gasteiger partial charge in [-0.25, -0.2) is 9.18 Å². The van der Waals surface area contributed by atoms with E-state index in [1.165, 1.54) is 18.2 Å². The second-order valence-electron chi connectivity index (χ2n) is 6.85. The first kappa shape index (κ1) is 25.1. The molecule has 0 aliphatic rings. The number of ether oxygens (including phenoxy) is 1. The largest absolute Gasteiger partial charge is 0.480 e. The van der Waals surface area contributed by atoms with E-state index in [4.69, 9.17) is 21.0 Å². The molecule has 0 atom stereocenters. The molecule has 11 heteroatoms. The quantitative estimate of drug-likeness (QED) is 0.208. The smallest absolute Gasteiger partial charge is 0.353 e. The molecule has 1 heterocycles. The summed E-state index contributed by atoms with van der Waals surface area (Å²) in [6.45, 7) is 2.85. The van der Waals surface area contributed by atoms with Crippen molar-refractivity contribution in [1.82, 2.24) is 5.32 Å². The Morgan fingerprint density at radius 3 is 2.50 bits per heavy atom. The van der Waals surface area contributed by atoms with Crippen molar-refractivity contribution < 1.29 is 28.6 Å². The Labute approximate surface area is 182 Å². The van der Waals surface area contributed by atoms with Crippen LogP contribution in [-0.2, 0) is 16.0 Å². The second-order valence-corrected chi connectivity index (χ2v) is 8.02. The van der Waals surface area contributed by atoms with Crippen LogP contribution >= 0.6 is 23.7 Å². The zero-order chi connectivity index (χ0) is 21.8. The molecule has 1 aromatic heterocycles. The number of nitrogen functional groups attached to an aromatic ring is 1. The fraction of sp³-hybridized carbons (Fsp3) is 0.263. The number of carbonyl (C=O) groups is 3. The summed E-state index contributed by atoms with van der Waals surface area (Å²) in [4.78, 5) is 35.9. The number of esters is 1. The summed E-state index contributed by atoms with van der Waals surface area (Å²) in [6, 6.07) is 6.75. The number of halogens is 2. The highest BCUT2D eigenvalue weighted by Crippen LogP contribution is 2.28. The van der Waals surface area contributed by atoms with Crippen LogP contribution in [0, 0.1) is 16.6 Å². The topological polar surface area (TPSA) is 143 Å². The lowest BCUT2D eigenvalue weighted by Gasteiger charge is -2.22. The van der Waals surface area contributed by atoms with Crippen molar-refractivity contribution in [2.45, 2.75) is 20.3 Å². The van der Waals surface area contributed by atoms with Crippen LogP contribution in [0.2, 0.25) is 0 Å². The molecule has 1 amide bonds. The van der Waals surface area contributed by atoms with E-state index in [0.717, 1.165) is 17.4 Å². The monoisotopic (exact) mass is 457 g/mol. The number of nitrogens with two attached hydrogens (primary N) is 1. The maximum absolute atomic E-state index is 14.0. The first-order valence-electron chi connectivity index (χ1n) is 8.44. The van der Waals surface area contributed by atoms with Crippen molar-refractivity contribution in [1.29, 1.82) is 5.41 Å². The number of carboxylic acids is 1. The van der Waals surface area contributed by atoms with E-state index in [1.807, 2.05) is 0 Å². The number of amidine groups is 1. The number of nitrogens with one attached hydrogen (secondary N) is 2. The van der Waals surface area contributed by atoms with Gasteiger partial charge in [-0.2, -0.15) is 0 Å². The lowest BCUT2D eigenvalue weighted by molar-refractivity contribution is -0.139. The molecule has 0 bridgehead atoms. The summed E-state index contributed by atoms with van der Waals surface area (Å²) in [5, 5.41) is 18.3. The highest BCUT2D eigenvalue weighted by Gasteiger charge is 2.29. The van der Waals surface area contributed by atoms with Gasteiger partial charge in [-0.3, -0.25) is 15.0 Å². The average molecular weight is 458 g/mol. The van der Waals surface area contributed by atoms with Crippen molar-refractivity contribution in [2.24, 2.45) is 11.1 Å². The van der Waals surface area contributed by atoms with Gasteiger partial charge in [0.2, 0.25) is 5.91 Å². The lowest BCUT2D eigenvalue weighted by atomic mass is 9.87. The van der Waals surface area contributed by atoms with Crippen LogP contribution in [0.3, 0.4) is 0 Å². The highest BCUT2D eigenvalue weighted by atomic mass is 35.5. The number of carbonyl (C=O) groups excluding carboxylic acids is 2. The van der Waals surface area contributed by atoms with Crippen LogP contribution in [0.5, 0.6) is 5.75 Å². The van der Waals surface area contributed by atoms with E-state index in [1.54, 1.807) is 19.9 Å². The molecular weight excluding hydrogens is 437 g/mol. The molecule has 0 spiro atoms. The number of rotatable bonds is 8. The molecule has 2 rings (SSSR count). The Balaban J connectivity index is 0.00000450. The van der Waals surface area contributed by atoms with Gasteiger partial charge in [0.05, 0.1) is 0 Å². The van der Waals surface area contributed by atoms with Crippen LogP contribution in [-0.4, -0.2) is 35.3 Å². The Morgan fingerprint density at radius 2 is 1.93 bits per heavy atom. The molecule has 5 N–H and O–H groups in total. The highest BCUT2D eigenvalue weighted by molar-refractivity contribution is 7.14. The van der Waals surface area contributed by atoms with Crippen molar-refractivity contribution in [3.05, 3.63) is 51.5 Å². The van der Waals surface area contributed by atoms with Crippen molar-refractivity contribution in [3.8, 4) is 5.75 Å². The van der Waals surface area contributed by atoms with Crippen molar-refractivity contribution in [2.75, 3.05) is 6.54 Å². The minimum absolute atomic E-state index is 0. The van der Waals surface area contributed by atoms with E-state index in [0.29, 0.717) is 4.88 Å². The van der Waals surface area contributed by atoms with E-state index in [2.05, 4.69) is 5.32 Å². The summed E-state index contributed by atoms with van der Waals surface area (Å²) in [5.74, 6) is -3.74. The fourth-order valence-corrected chi connectivity index (χ4v) is 3.51. The van der Waals surface area contributed by atoms with E-state index in [9.17, 15) is 18.8 Å². The number of thiophene rings is 1. The summed E-state index contributed by atoms with van der Waals surface area (Å²) >= 11 is 1.10. The Bertz CT molecular complexity index is 977. The van der Waals surface area contributed by atoms with Gasteiger partial charge in [0.15, 0.2) is 11.6 Å². The van der Waals surface area contributed by atoms with E-state index in [-0.39, 0.29) is 40.9 Å². The normalized spacial score (nSPS) is 10.6. The summed E-state index contributed by atoms with van der Waals surface area (Å²) in [7, 11) is 0. The second kappa shape index (κ2) is 10.2. The number of amides is 1. The number of aliphatic carboxylic acids is 1. The fourth-order valence-electron chi connectivity index (χ4n) is 2.39. The van der Waals surface area contributed by atoms with Gasteiger partial charge in [-0.1, -0.05) is 13.8 Å². The first-order chi connectivity index (χ1) is 13.5. The summed E-state index contributed by atoms with van der Waals surface area (Å²) in [5.41, 5.74) is 4.56. The first-order valence-corrected chi connectivity index (χ1v) is 9.26. The van der Waals surface area contributed by atoms with Gasteiger partial charge >= 0.3 is 11.9 Å². The zero-order valence-corrected chi connectivity index (χ0v) is 17.8. The molecule has 2 aromatic rings. The molecule has 0 radical (unpaired) electrons. The number of hydrogen-bond acceptors (Lipinski definition) is 6. The molecule has 0 aliphatic heterocycles. The van der Waals surface area contributed by atoms with Gasteiger partial charge < -0.3 is 20.9 Å². The maximum atomic E-state index is 14.0. The van der Waals surface area contributed by atoms with Gasteiger partial charge in [-0.15, -0.1) is 23.7 Å². The number of benzene rings is 1. The predicted octanol–water partition coefficient (Wildman–Crippen LogP) is 2.58. The standard InChI is InChI=1S/C19H20FN3O5S.ClH/c1-19(2,18(27)23-9-15(24)25)8-11-4-6-14(29-11)17(26)28-13-5-3-10(16(21)22)7-12(13)20;/h3-7H,8-9H2,1-2H3,(H3,21,22)(H,23,27)(H,24,25);1H. The Morgan fingerprint density at radius 1 is 1.27 bits per heavy atom. The van der Waals surface area contributed by atoms with Crippen LogP contribution in [0.4, 0.5) is 4.39 Å². The van der Waals surface area contributed by atoms with Crippen LogP contribution in [0.25, 0.3) is 0 Å². The van der Waals surface area contributed by atoms with E-state index >= 15 is 0 Å². The Hall–Kier alpha value is -2.98. The van der Waals surface area contributed by atoms with Crippen LogP contribution < -0.4 is 15.8 Å². The van der Waals surface area contributed by atoms with Crippen LogP contribution in [0.15, 0.2) is 30.3 Å². The van der Waals surface area contributed by atoms with Crippen LogP contribution in [0.1, 0.15) is 34.0 Å². The molecule has 0 aliphatic carbocycles. The lowest BCUT2D eigenvalue weighted by Crippen LogP contribution is -2.40. The Kier molecular flexibility index (Phi) is 8.49. The van der Waals surface area contributed by atoms with Gasteiger partial charge in [0.25, 0.3) is 0 Å². The summed E-state index contributed by atoms with van der Waals surface area (Å²) in [6.07, 6.45) is 0.276. The van der Waals surface area contributed by atoms with Gasteiger partial charge in [0.1, 0.15) is 17.3 Å². The molecule has 0 saturated carbocycles. The molecule has 30 heavy (non-hydrogen) atoms.